The van der Waals surface area contributed by atoms with E-state index in [1.807, 2.05) is 13.8 Å². The molecule has 2 aromatic rings. The van der Waals surface area contributed by atoms with Gasteiger partial charge in [-0.3, -0.25) is 14.6 Å². The highest BCUT2D eigenvalue weighted by Gasteiger charge is 2.42. The maximum Gasteiger partial charge on any atom is 0.416 e. The number of nitrogens with zero attached hydrogens (tertiary/aromatic N) is 1. The molecule has 1 atom stereocenters. The molecule has 0 unspecified atom stereocenters. The molecule has 0 spiro atoms. The number of amides is 1. The Bertz CT molecular complexity index is 1180. The lowest BCUT2D eigenvalue weighted by Gasteiger charge is -2.39. The number of alkyl halides is 3. The summed E-state index contributed by atoms with van der Waals surface area (Å²) in [7, 11) is 0. The molecular weight excluding hydrogens is 431 g/mol. The Morgan fingerprint density at radius 2 is 1.94 bits per heavy atom. The maximum absolute atomic E-state index is 13.4. The third-order valence-electron chi connectivity index (χ3n) is 5.95. The molecule has 0 bridgehead atoms. The smallest absolute Gasteiger partial charge is 0.362 e. The van der Waals surface area contributed by atoms with E-state index < -0.39 is 23.6 Å². The predicted molar refractivity (Wildman–Crippen MR) is 118 cm³/mol. The van der Waals surface area contributed by atoms with Gasteiger partial charge in [0.15, 0.2) is 5.78 Å². The lowest BCUT2D eigenvalue weighted by atomic mass is 9.68. The van der Waals surface area contributed by atoms with Crippen LogP contribution in [0.1, 0.15) is 50.7 Å². The number of pyridine rings is 1. The van der Waals surface area contributed by atoms with Crippen LogP contribution in [0.25, 0.3) is 0 Å². The van der Waals surface area contributed by atoms with Crippen molar-refractivity contribution in [3.05, 3.63) is 82.5 Å². The number of halogens is 3. The molecule has 1 aromatic carbocycles. The molecule has 1 amide bonds. The third kappa shape index (κ3) is 4.55. The number of nitrogens with one attached hydrogen (secondary N) is 2. The number of Topliss-reactive ketones (excluding diaryl/α,β-unsaturated/α-hetero) is 1. The Hall–Kier alpha value is -3.42. The standard InChI is InChI=1S/C25H24F3N3O2/c1-14-20(23(33)31-17-8-4-7-16(10-17)25(26,27)28)21(15-6-5-9-29-13-15)22-18(30-14)11-24(2,3)12-19(22)32/h4-10,13,21,30H,11-12H2,1-3H3,(H,31,33)/t21-/m1/s1. The van der Waals surface area contributed by atoms with Gasteiger partial charge in [-0.2, -0.15) is 13.2 Å². The topological polar surface area (TPSA) is 71.1 Å². The highest BCUT2D eigenvalue weighted by atomic mass is 19.4. The quantitative estimate of drug-likeness (QED) is 0.655. The van der Waals surface area contributed by atoms with Crippen molar-refractivity contribution in [2.24, 2.45) is 5.41 Å². The number of carbonyl (C=O) groups excluding carboxylic acids is 2. The minimum Gasteiger partial charge on any atom is -0.362 e. The second-order valence-corrected chi connectivity index (χ2v) is 9.25. The van der Waals surface area contributed by atoms with Gasteiger partial charge in [0.25, 0.3) is 5.91 Å². The Morgan fingerprint density at radius 3 is 2.61 bits per heavy atom. The van der Waals surface area contributed by atoms with Gasteiger partial charge in [0.2, 0.25) is 0 Å². The van der Waals surface area contributed by atoms with Gasteiger partial charge in [0, 0.05) is 53.0 Å². The van der Waals surface area contributed by atoms with Gasteiger partial charge in [0.1, 0.15) is 0 Å². The Labute approximate surface area is 189 Å². The van der Waals surface area contributed by atoms with E-state index in [9.17, 15) is 22.8 Å². The largest absolute Gasteiger partial charge is 0.416 e. The van der Waals surface area contributed by atoms with Crippen molar-refractivity contribution in [3.63, 3.8) is 0 Å². The monoisotopic (exact) mass is 455 g/mol. The van der Waals surface area contributed by atoms with E-state index in [2.05, 4.69) is 15.6 Å². The van der Waals surface area contributed by atoms with E-state index in [0.717, 1.165) is 17.8 Å². The SMILES string of the molecule is CC1=C(C(=O)Nc2cccc(C(F)(F)F)c2)[C@@H](c2cccnc2)C2=C(CC(C)(C)CC2=O)N1. The zero-order valence-electron chi connectivity index (χ0n) is 18.5. The fourth-order valence-electron chi connectivity index (χ4n) is 4.59. The van der Waals surface area contributed by atoms with Gasteiger partial charge in [-0.05, 0) is 48.6 Å². The first-order valence-electron chi connectivity index (χ1n) is 10.6. The summed E-state index contributed by atoms with van der Waals surface area (Å²) >= 11 is 0. The molecule has 2 N–H and O–H groups in total. The van der Waals surface area contributed by atoms with Crippen LogP contribution in [-0.4, -0.2) is 16.7 Å². The number of allylic oxidation sites excluding steroid dienone is 3. The molecule has 4 rings (SSSR count). The number of hydrogen-bond donors (Lipinski definition) is 2. The van der Waals surface area contributed by atoms with Crippen LogP contribution in [0.2, 0.25) is 0 Å². The van der Waals surface area contributed by atoms with Gasteiger partial charge in [0.05, 0.1) is 5.56 Å². The molecule has 8 heteroatoms. The molecule has 0 radical (unpaired) electrons. The van der Waals surface area contributed by atoms with E-state index in [4.69, 9.17) is 0 Å². The summed E-state index contributed by atoms with van der Waals surface area (Å²) in [6.45, 7) is 5.77. The summed E-state index contributed by atoms with van der Waals surface area (Å²) in [5.41, 5.74) is 1.75. The predicted octanol–water partition coefficient (Wildman–Crippen LogP) is 5.34. The van der Waals surface area contributed by atoms with Crippen LogP contribution in [0.3, 0.4) is 0 Å². The van der Waals surface area contributed by atoms with Crippen molar-refractivity contribution in [2.75, 3.05) is 5.32 Å². The first-order chi connectivity index (χ1) is 15.5. The lowest BCUT2D eigenvalue weighted by molar-refractivity contribution is -0.137. The second kappa shape index (κ2) is 8.17. The van der Waals surface area contributed by atoms with Gasteiger partial charge in [-0.25, -0.2) is 0 Å². The van der Waals surface area contributed by atoms with Crippen molar-refractivity contribution in [1.82, 2.24) is 10.3 Å². The van der Waals surface area contributed by atoms with Crippen LogP contribution >= 0.6 is 0 Å². The van der Waals surface area contributed by atoms with E-state index in [0.29, 0.717) is 29.7 Å². The van der Waals surface area contributed by atoms with E-state index in [-0.39, 0.29) is 22.5 Å². The normalized spacial score (nSPS) is 20.3. The molecule has 33 heavy (non-hydrogen) atoms. The Morgan fingerprint density at radius 1 is 1.18 bits per heavy atom. The minimum absolute atomic E-state index is 0.0240. The van der Waals surface area contributed by atoms with Crippen molar-refractivity contribution >= 4 is 17.4 Å². The lowest BCUT2D eigenvalue weighted by Crippen LogP contribution is -2.39. The number of carbonyl (C=O) groups is 2. The number of anilines is 1. The molecule has 172 valence electrons. The number of hydrogen-bond acceptors (Lipinski definition) is 4. The first-order valence-corrected chi connectivity index (χ1v) is 10.6. The van der Waals surface area contributed by atoms with Crippen LogP contribution in [-0.2, 0) is 15.8 Å². The number of dihydropyridines is 1. The zero-order chi connectivity index (χ0) is 24.0. The molecule has 0 saturated heterocycles. The molecule has 1 aromatic heterocycles. The minimum atomic E-state index is -4.53. The van der Waals surface area contributed by atoms with Gasteiger partial charge in [-0.15, -0.1) is 0 Å². The van der Waals surface area contributed by atoms with Gasteiger partial charge in [-0.1, -0.05) is 26.0 Å². The van der Waals surface area contributed by atoms with Crippen molar-refractivity contribution in [1.29, 1.82) is 0 Å². The highest BCUT2D eigenvalue weighted by Crippen LogP contribution is 2.46. The Kier molecular flexibility index (Phi) is 5.64. The van der Waals surface area contributed by atoms with E-state index in [1.54, 1.807) is 31.5 Å². The van der Waals surface area contributed by atoms with E-state index >= 15 is 0 Å². The number of ketones is 1. The summed E-state index contributed by atoms with van der Waals surface area (Å²) in [6, 6.07) is 8.00. The summed E-state index contributed by atoms with van der Waals surface area (Å²) < 4.78 is 39.3. The zero-order valence-corrected chi connectivity index (χ0v) is 18.5. The van der Waals surface area contributed by atoms with Gasteiger partial charge < -0.3 is 10.6 Å². The fourth-order valence-corrected chi connectivity index (χ4v) is 4.59. The third-order valence-corrected chi connectivity index (χ3v) is 5.95. The molecule has 2 heterocycles. The summed E-state index contributed by atoms with van der Waals surface area (Å²) in [5, 5.41) is 5.82. The van der Waals surface area contributed by atoms with Crippen LogP contribution in [0.15, 0.2) is 71.3 Å². The molecule has 0 saturated carbocycles. The average Bonchev–Trinajstić information content (AvgIpc) is 2.72. The molecular formula is C25H24F3N3O2. The Balaban J connectivity index is 1.76. The summed E-state index contributed by atoms with van der Waals surface area (Å²) in [4.78, 5) is 30.8. The molecule has 2 aliphatic rings. The first kappa shape index (κ1) is 22.8. The van der Waals surface area contributed by atoms with Crippen LogP contribution in [0.5, 0.6) is 0 Å². The van der Waals surface area contributed by atoms with Crippen LogP contribution < -0.4 is 10.6 Å². The van der Waals surface area contributed by atoms with Crippen molar-refractivity contribution in [2.45, 2.75) is 45.7 Å². The van der Waals surface area contributed by atoms with Crippen LogP contribution in [0, 0.1) is 5.41 Å². The van der Waals surface area contributed by atoms with Crippen LogP contribution in [0.4, 0.5) is 18.9 Å². The summed E-state index contributed by atoms with van der Waals surface area (Å²) in [5.74, 6) is -1.29. The molecule has 1 aliphatic carbocycles. The fraction of sp³-hybridized carbons (Fsp3) is 0.320. The molecule has 0 fully saturated rings. The molecule has 5 nitrogen and oxygen atoms in total. The van der Waals surface area contributed by atoms with Crippen molar-refractivity contribution in [3.8, 4) is 0 Å². The second-order valence-electron chi connectivity index (χ2n) is 9.25. The maximum atomic E-state index is 13.4. The van der Waals surface area contributed by atoms with E-state index in [1.165, 1.54) is 12.1 Å². The highest BCUT2D eigenvalue weighted by molar-refractivity contribution is 6.09. The summed E-state index contributed by atoms with van der Waals surface area (Å²) in [6.07, 6.45) is -0.332. The average molecular weight is 455 g/mol. The van der Waals surface area contributed by atoms with Crippen molar-refractivity contribution < 1.29 is 22.8 Å². The molecule has 1 aliphatic heterocycles. The number of rotatable bonds is 3. The van der Waals surface area contributed by atoms with Gasteiger partial charge >= 0.3 is 6.18 Å². The number of aromatic nitrogens is 1. The number of benzene rings is 1.